The number of rotatable bonds is 1. The highest BCUT2D eigenvalue weighted by atomic mass is 19.4. The quantitative estimate of drug-likeness (QED) is 0.553. The normalized spacial score (nSPS) is 19.3. The van der Waals surface area contributed by atoms with Crippen molar-refractivity contribution in [2.75, 3.05) is 6.61 Å². The summed E-state index contributed by atoms with van der Waals surface area (Å²) in [5.74, 6) is 0. The Bertz CT molecular complexity index is 98.5. The van der Waals surface area contributed by atoms with E-state index in [1.165, 1.54) is 0 Å². The fraction of sp³-hybridized carbons (Fsp3) is 1.00. The van der Waals surface area contributed by atoms with Gasteiger partial charge in [0.25, 0.3) is 0 Å². The smallest absolute Gasteiger partial charge is 0.394 e. The first-order valence-corrected chi connectivity index (χ1v) is 2.28. The Balaban J connectivity index is 4.14. The summed E-state index contributed by atoms with van der Waals surface area (Å²) in [6.07, 6.45) is -4.53. The van der Waals surface area contributed by atoms with Gasteiger partial charge in [-0.1, -0.05) is 0 Å². The SMILES string of the molecule is C[C@@](N)(CO)C(F)(F)F. The first-order chi connectivity index (χ1) is 3.81. The molecule has 0 aliphatic rings. The second-order valence-corrected chi connectivity index (χ2v) is 2.07. The Kier molecular flexibility index (Phi) is 2.08. The lowest BCUT2D eigenvalue weighted by atomic mass is 10.1. The molecule has 0 unspecified atom stereocenters. The van der Waals surface area contributed by atoms with Crippen molar-refractivity contribution < 1.29 is 18.3 Å². The van der Waals surface area contributed by atoms with Gasteiger partial charge in [0.2, 0.25) is 0 Å². The van der Waals surface area contributed by atoms with Gasteiger partial charge in [0, 0.05) is 0 Å². The Morgan fingerprint density at radius 2 is 1.78 bits per heavy atom. The molecule has 0 fully saturated rings. The summed E-state index contributed by atoms with van der Waals surface area (Å²) in [7, 11) is 0. The second-order valence-electron chi connectivity index (χ2n) is 2.07. The molecule has 0 heterocycles. The lowest BCUT2D eigenvalue weighted by Gasteiger charge is -2.24. The van der Waals surface area contributed by atoms with E-state index in [1.807, 2.05) is 0 Å². The molecule has 0 saturated carbocycles. The molecule has 0 aromatic heterocycles. The van der Waals surface area contributed by atoms with Crippen LogP contribution in [0, 0.1) is 0 Å². The van der Waals surface area contributed by atoms with Gasteiger partial charge in [-0.05, 0) is 6.92 Å². The first kappa shape index (κ1) is 8.71. The van der Waals surface area contributed by atoms with Crippen molar-refractivity contribution in [1.29, 1.82) is 0 Å². The molecule has 0 saturated heterocycles. The third kappa shape index (κ3) is 1.83. The van der Waals surface area contributed by atoms with Crippen LogP contribution < -0.4 is 5.73 Å². The molecule has 3 N–H and O–H groups in total. The molecule has 0 aromatic carbocycles. The van der Waals surface area contributed by atoms with Crippen LogP contribution >= 0.6 is 0 Å². The van der Waals surface area contributed by atoms with E-state index in [1.54, 1.807) is 0 Å². The van der Waals surface area contributed by atoms with Gasteiger partial charge in [-0.25, -0.2) is 0 Å². The summed E-state index contributed by atoms with van der Waals surface area (Å²) >= 11 is 0. The molecule has 1 atom stereocenters. The molecule has 9 heavy (non-hydrogen) atoms. The van der Waals surface area contributed by atoms with Crippen molar-refractivity contribution in [3.8, 4) is 0 Å². The van der Waals surface area contributed by atoms with Crippen LogP contribution in [0.5, 0.6) is 0 Å². The summed E-state index contributed by atoms with van der Waals surface area (Å²) in [5, 5.41) is 8.08. The van der Waals surface area contributed by atoms with Crippen molar-refractivity contribution in [3.05, 3.63) is 0 Å². The van der Waals surface area contributed by atoms with E-state index in [-0.39, 0.29) is 0 Å². The third-order valence-electron chi connectivity index (χ3n) is 0.976. The van der Waals surface area contributed by atoms with Crippen molar-refractivity contribution in [2.24, 2.45) is 5.73 Å². The molecule has 56 valence electrons. The number of aliphatic hydroxyl groups is 1. The van der Waals surface area contributed by atoms with E-state index >= 15 is 0 Å². The molecule has 0 aliphatic carbocycles. The molecule has 0 radical (unpaired) electrons. The van der Waals surface area contributed by atoms with Crippen LogP contribution in [0.15, 0.2) is 0 Å². The predicted molar refractivity (Wildman–Crippen MR) is 25.7 cm³/mol. The summed E-state index contributed by atoms with van der Waals surface area (Å²) in [4.78, 5) is 0. The van der Waals surface area contributed by atoms with E-state index in [4.69, 9.17) is 5.11 Å². The number of hydrogen-bond acceptors (Lipinski definition) is 2. The number of hydrogen-bond donors (Lipinski definition) is 2. The molecule has 0 aliphatic heterocycles. The van der Waals surface area contributed by atoms with Gasteiger partial charge in [-0.15, -0.1) is 0 Å². The fourth-order valence-corrected chi connectivity index (χ4v) is 0.0896. The maximum atomic E-state index is 11.5. The Morgan fingerprint density at radius 1 is 1.44 bits per heavy atom. The summed E-state index contributed by atoms with van der Waals surface area (Å²) in [6.45, 7) is -0.358. The van der Waals surface area contributed by atoms with Gasteiger partial charge in [0.1, 0.15) is 5.54 Å². The van der Waals surface area contributed by atoms with E-state index < -0.39 is 18.3 Å². The highest BCUT2D eigenvalue weighted by Crippen LogP contribution is 2.26. The number of alkyl halides is 3. The number of halogens is 3. The van der Waals surface area contributed by atoms with Crippen molar-refractivity contribution in [1.82, 2.24) is 0 Å². The molecule has 0 rings (SSSR count). The lowest BCUT2D eigenvalue weighted by molar-refractivity contribution is -0.189. The van der Waals surface area contributed by atoms with Gasteiger partial charge in [-0.2, -0.15) is 13.2 Å². The highest BCUT2D eigenvalue weighted by molar-refractivity contribution is 4.85. The van der Waals surface area contributed by atoms with E-state index in [0.717, 1.165) is 6.92 Å². The van der Waals surface area contributed by atoms with Gasteiger partial charge < -0.3 is 10.8 Å². The van der Waals surface area contributed by atoms with Crippen LogP contribution in [-0.2, 0) is 0 Å². The average Bonchev–Trinajstić information content (AvgIpc) is 1.64. The molecule has 0 bridgehead atoms. The summed E-state index contributed by atoms with van der Waals surface area (Å²) in [6, 6.07) is 0. The van der Waals surface area contributed by atoms with Crippen LogP contribution in [0.25, 0.3) is 0 Å². The van der Waals surface area contributed by atoms with Gasteiger partial charge >= 0.3 is 6.18 Å². The number of nitrogens with two attached hydrogens (primary N) is 1. The third-order valence-corrected chi connectivity index (χ3v) is 0.976. The van der Waals surface area contributed by atoms with E-state index in [2.05, 4.69) is 5.73 Å². The standard InChI is InChI=1S/C4H8F3NO/c1-3(8,2-9)4(5,6)7/h9H,2,8H2,1H3/t3-/m1/s1. The largest absolute Gasteiger partial charge is 0.408 e. The van der Waals surface area contributed by atoms with Crippen LogP contribution in [-0.4, -0.2) is 23.4 Å². The zero-order valence-electron chi connectivity index (χ0n) is 4.87. The van der Waals surface area contributed by atoms with Crippen LogP contribution in [0.3, 0.4) is 0 Å². The first-order valence-electron chi connectivity index (χ1n) is 2.28. The highest BCUT2D eigenvalue weighted by Gasteiger charge is 2.47. The fourth-order valence-electron chi connectivity index (χ4n) is 0.0896. The zero-order valence-corrected chi connectivity index (χ0v) is 4.87. The molecular formula is C4H8F3NO. The van der Waals surface area contributed by atoms with E-state index in [9.17, 15) is 13.2 Å². The Morgan fingerprint density at radius 3 is 1.78 bits per heavy atom. The lowest BCUT2D eigenvalue weighted by Crippen LogP contribution is -2.53. The van der Waals surface area contributed by atoms with Crippen molar-refractivity contribution in [2.45, 2.75) is 18.6 Å². The molecule has 0 aromatic rings. The Labute approximate surface area is 50.5 Å². The van der Waals surface area contributed by atoms with Crippen LogP contribution in [0.2, 0.25) is 0 Å². The van der Waals surface area contributed by atoms with Gasteiger partial charge in [-0.3, -0.25) is 0 Å². The van der Waals surface area contributed by atoms with Crippen LogP contribution in [0.1, 0.15) is 6.92 Å². The average molecular weight is 143 g/mol. The minimum atomic E-state index is -4.53. The summed E-state index contributed by atoms with van der Waals surface area (Å²) < 4.78 is 34.6. The molecule has 0 spiro atoms. The minimum absolute atomic E-state index is 0.729. The zero-order chi connectivity index (χ0) is 7.71. The monoisotopic (exact) mass is 143 g/mol. The predicted octanol–water partition coefficient (Wildman–Crippen LogP) is 0.258. The maximum absolute atomic E-state index is 11.5. The Hall–Kier alpha value is -0.290. The van der Waals surface area contributed by atoms with E-state index in [0.29, 0.717) is 0 Å². The molecule has 0 amide bonds. The minimum Gasteiger partial charge on any atom is -0.394 e. The summed E-state index contributed by atoms with van der Waals surface area (Å²) in [5.41, 5.74) is 2.15. The second kappa shape index (κ2) is 2.15. The number of aliphatic hydroxyl groups excluding tert-OH is 1. The van der Waals surface area contributed by atoms with Crippen molar-refractivity contribution >= 4 is 0 Å². The van der Waals surface area contributed by atoms with Crippen molar-refractivity contribution in [3.63, 3.8) is 0 Å². The molecular weight excluding hydrogens is 135 g/mol. The molecule has 5 heteroatoms. The van der Waals surface area contributed by atoms with Gasteiger partial charge in [0.15, 0.2) is 0 Å². The van der Waals surface area contributed by atoms with Crippen LogP contribution in [0.4, 0.5) is 13.2 Å². The topological polar surface area (TPSA) is 46.2 Å². The molecule has 2 nitrogen and oxygen atoms in total. The van der Waals surface area contributed by atoms with Gasteiger partial charge in [0.05, 0.1) is 6.61 Å². The maximum Gasteiger partial charge on any atom is 0.408 e.